The van der Waals surface area contributed by atoms with E-state index in [4.69, 9.17) is 25.8 Å². The second-order valence-electron chi connectivity index (χ2n) is 10.2. The fourth-order valence-electron chi connectivity index (χ4n) is 4.94. The number of hydrogen-bond donors (Lipinski definition) is 0. The summed E-state index contributed by atoms with van der Waals surface area (Å²) < 4.78 is 19.8. The van der Waals surface area contributed by atoms with Gasteiger partial charge in [-0.15, -0.1) is 0 Å². The summed E-state index contributed by atoms with van der Waals surface area (Å²) in [5.41, 5.74) is 3.94. The van der Waals surface area contributed by atoms with Gasteiger partial charge < -0.3 is 19.1 Å². The van der Waals surface area contributed by atoms with Gasteiger partial charge in [-0.25, -0.2) is 9.79 Å². The molecule has 0 unspecified atom stereocenters. The zero-order valence-electron chi connectivity index (χ0n) is 24.9. The molecule has 228 valence electrons. The zero-order chi connectivity index (χ0) is 31.5. The lowest BCUT2D eigenvalue weighted by Crippen LogP contribution is -2.39. The molecule has 0 bridgehead atoms. The molecule has 8 nitrogen and oxygen atoms in total. The minimum absolute atomic E-state index is 0.209. The highest BCUT2D eigenvalue weighted by atomic mass is 79.9. The molecule has 3 aromatic carbocycles. The Morgan fingerprint density at radius 2 is 1.89 bits per heavy atom. The number of fused-ring (bicyclic) bond motifs is 1. The maximum atomic E-state index is 14.0. The molecule has 4 aromatic rings. The molecule has 1 aliphatic rings. The van der Waals surface area contributed by atoms with Crippen LogP contribution in [-0.4, -0.2) is 38.3 Å². The fourth-order valence-corrected chi connectivity index (χ4v) is 6.75. The lowest BCUT2D eigenvalue weighted by Gasteiger charge is -2.25. The van der Waals surface area contributed by atoms with Crippen molar-refractivity contribution in [2.24, 2.45) is 4.99 Å². The topological polar surface area (TPSA) is 82.4 Å². The van der Waals surface area contributed by atoms with Crippen molar-refractivity contribution in [3.63, 3.8) is 0 Å². The first-order valence-electron chi connectivity index (χ1n) is 13.8. The number of nitrogens with zero attached hydrogens (tertiary/aromatic N) is 3. The number of carbonyl (C=O) groups excluding carboxylic acids is 1. The molecule has 0 amide bonds. The van der Waals surface area contributed by atoms with Crippen molar-refractivity contribution in [3.05, 3.63) is 118 Å². The van der Waals surface area contributed by atoms with Crippen LogP contribution in [0.1, 0.15) is 36.6 Å². The van der Waals surface area contributed by atoms with Gasteiger partial charge in [0.2, 0.25) is 0 Å². The third kappa shape index (κ3) is 6.33. The summed E-state index contributed by atoms with van der Waals surface area (Å²) in [6.45, 7) is 3.99. The maximum Gasteiger partial charge on any atom is 0.338 e. The lowest BCUT2D eigenvalue weighted by molar-refractivity contribution is -0.139. The number of hydrogen-bond acceptors (Lipinski definition) is 8. The number of benzene rings is 3. The van der Waals surface area contributed by atoms with E-state index in [2.05, 4.69) is 20.9 Å². The number of halogens is 2. The Kier molecular flexibility index (Phi) is 9.62. The van der Waals surface area contributed by atoms with E-state index in [1.807, 2.05) is 73.6 Å². The smallest absolute Gasteiger partial charge is 0.338 e. The summed E-state index contributed by atoms with van der Waals surface area (Å²) >= 11 is 11.2. The average Bonchev–Trinajstić information content (AvgIpc) is 3.30. The Labute approximate surface area is 272 Å². The number of allylic oxidation sites excluding steroid dienone is 1. The molecule has 2 heterocycles. The molecule has 1 aliphatic heterocycles. The highest BCUT2D eigenvalue weighted by molar-refractivity contribution is 9.10. The monoisotopic (exact) mass is 695 g/mol. The molecule has 5 rings (SSSR count). The largest absolute Gasteiger partial charge is 0.493 e. The third-order valence-electron chi connectivity index (χ3n) is 7.12. The van der Waals surface area contributed by atoms with Crippen molar-refractivity contribution in [3.8, 4) is 11.5 Å². The van der Waals surface area contributed by atoms with E-state index in [1.165, 1.54) is 11.3 Å². The zero-order valence-corrected chi connectivity index (χ0v) is 28.0. The Morgan fingerprint density at radius 1 is 1.16 bits per heavy atom. The SMILES string of the molecule is CCOC(=O)C1=C(C)N=c2sc(=Cc3cc(Br)c(OCc4ccccc4Cl)c(OC)c3)c(=O)n2[C@H]1c1ccc(N(C)C)cc1. The van der Waals surface area contributed by atoms with Crippen LogP contribution in [0.25, 0.3) is 6.08 Å². The standard InChI is InChI=1S/C33H31BrClN3O5S/c1-6-42-32(40)28-19(2)36-33-38(29(28)21-11-13-23(14-12-21)37(3)4)31(39)27(44-33)17-20-15-24(34)30(26(16-20)41-5)43-18-22-9-7-8-10-25(22)35/h7-17,29H,6,18H2,1-5H3/t29-/m0/s1. The van der Waals surface area contributed by atoms with Crippen LogP contribution in [0.4, 0.5) is 5.69 Å². The molecule has 1 atom stereocenters. The second kappa shape index (κ2) is 13.4. The normalized spacial score (nSPS) is 14.6. The first kappa shape index (κ1) is 31.6. The number of esters is 1. The van der Waals surface area contributed by atoms with E-state index in [1.54, 1.807) is 37.7 Å². The van der Waals surface area contributed by atoms with Crippen molar-refractivity contribution in [2.45, 2.75) is 26.5 Å². The van der Waals surface area contributed by atoms with Gasteiger partial charge in [0.15, 0.2) is 16.3 Å². The molecular formula is C33H31BrClN3O5S. The van der Waals surface area contributed by atoms with Crippen molar-refractivity contribution >= 4 is 56.6 Å². The summed E-state index contributed by atoms with van der Waals surface area (Å²) in [4.78, 5) is 34.4. The molecule has 0 spiro atoms. The lowest BCUT2D eigenvalue weighted by atomic mass is 9.95. The van der Waals surface area contributed by atoms with Gasteiger partial charge in [-0.2, -0.15) is 0 Å². The van der Waals surface area contributed by atoms with Crippen molar-refractivity contribution in [1.29, 1.82) is 0 Å². The van der Waals surface area contributed by atoms with Crippen LogP contribution >= 0.6 is 38.9 Å². The quantitative estimate of drug-likeness (QED) is 0.204. The first-order chi connectivity index (χ1) is 21.1. The van der Waals surface area contributed by atoms with Crippen LogP contribution in [0, 0.1) is 0 Å². The Bertz CT molecular complexity index is 1930. The number of carbonyl (C=O) groups is 1. The Balaban J connectivity index is 1.58. The van der Waals surface area contributed by atoms with Gasteiger partial charge in [0.1, 0.15) is 6.61 Å². The van der Waals surface area contributed by atoms with E-state index in [0.29, 0.717) is 41.6 Å². The van der Waals surface area contributed by atoms with E-state index in [9.17, 15) is 9.59 Å². The summed E-state index contributed by atoms with van der Waals surface area (Å²) in [6.07, 6.45) is 1.78. The number of ether oxygens (including phenoxy) is 3. The highest BCUT2D eigenvalue weighted by Crippen LogP contribution is 2.38. The molecular weight excluding hydrogens is 666 g/mol. The molecule has 0 N–H and O–H groups in total. The van der Waals surface area contributed by atoms with Gasteiger partial charge in [-0.1, -0.05) is 53.3 Å². The molecule has 0 fully saturated rings. The molecule has 0 radical (unpaired) electrons. The third-order valence-corrected chi connectivity index (χ3v) is 9.06. The molecule has 1 aromatic heterocycles. The predicted octanol–water partition coefficient (Wildman–Crippen LogP) is 5.87. The number of methoxy groups -OCH3 is 1. The minimum atomic E-state index is -0.689. The number of rotatable bonds is 9. The van der Waals surface area contributed by atoms with Crippen LogP contribution in [0.5, 0.6) is 11.5 Å². The first-order valence-corrected chi connectivity index (χ1v) is 15.8. The molecule has 0 saturated heterocycles. The molecule has 11 heteroatoms. The van der Waals surface area contributed by atoms with Gasteiger partial charge in [0.25, 0.3) is 5.56 Å². The van der Waals surface area contributed by atoms with Crippen LogP contribution in [-0.2, 0) is 16.1 Å². The number of aromatic nitrogens is 1. The van der Waals surface area contributed by atoms with E-state index >= 15 is 0 Å². The van der Waals surface area contributed by atoms with Gasteiger partial charge in [0.05, 0.1) is 40.0 Å². The van der Waals surface area contributed by atoms with Crippen LogP contribution in [0.15, 0.2) is 86.2 Å². The van der Waals surface area contributed by atoms with Crippen LogP contribution in [0.2, 0.25) is 5.02 Å². The van der Waals surface area contributed by atoms with Gasteiger partial charge in [-0.05, 0) is 77.3 Å². The number of anilines is 1. The van der Waals surface area contributed by atoms with Crippen molar-refractivity contribution in [1.82, 2.24) is 4.57 Å². The summed E-state index contributed by atoms with van der Waals surface area (Å²) in [5.74, 6) is 0.511. The van der Waals surface area contributed by atoms with Crippen LogP contribution < -0.4 is 29.3 Å². The predicted molar refractivity (Wildman–Crippen MR) is 178 cm³/mol. The summed E-state index contributed by atoms with van der Waals surface area (Å²) in [6, 6.07) is 18.2. The van der Waals surface area contributed by atoms with Gasteiger partial charge in [-0.3, -0.25) is 9.36 Å². The van der Waals surface area contributed by atoms with Gasteiger partial charge in [0, 0.05) is 30.4 Å². The van der Waals surface area contributed by atoms with Crippen molar-refractivity contribution < 1.29 is 19.0 Å². The van der Waals surface area contributed by atoms with Gasteiger partial charge >= 0.3 is 5.97 Å². The second-order valence-corrected chi connectivity index (χ2v) is 12.5. The molecule has 0 aliphatic carbocycles. The van der Waals surface area contributed by atoms with E-state index in [0.717, 1.165) is 22.4 Å². The van der Waals surface area contributed by atoms with E-state index < -0.39 is 12.0 Å². The number of thiazole rings is 1. The summed E-state index contributed by atoms with van der Waals surface area (Å²) in [5, 5.41) is 0.614. The maximum absolute atomic E-state index is 14.0. The molecule has 44 heavy (non-hydrogen) atoms. The fraction of sp³-hybridized carbons (Fsp3) is 0.242. The summed E-state index contributed by atoms with van der Waals surface area (Å²) in [7, 11) is 5.47. The van der Waals surface area contributed by atoms with Crippen molar-refractivity contribution in [2.75, 3.05) is 32.7 Å². The Morgan fingerprint density at radius 3 is 2.55 bits per heavy atom. The Hall–Kier alpha value is -3.86. The average molecular weight is 697 g/mol. The van der Waals surface area contributed by atoms with E-state index in [-0.39, 0.29) is 18.8 Å². The van der Waals surface area contributed by atoms with Crippen LogP contribution in [0.3, 0.4) is 0 Å². The highest BCUT2D eigenvalue weighted by Gasteiger charge is 2.33. The molecule has 0 saturated carbocycles. The minimum Gasteiger partial charge on any atom is -0.493 e.